The minimum Gasteiger partial charge on any atom is -0.310 e. The first-order valence-corrected chi connectivity index (χ1v) is 10.1. The van der Waals surface area contributed by atoms with Crippen LogP contribution in [-0.4, -0.2) is 19.5 Å². The van der Waals surface area contributed by atoms with Gasteiger partial charge >= 0.3 is 0 Å². The van der Waals surface area contributed by atoms with E-state index < -0.39 is 16.7 Å². The van der Waals surface area contributed by atoms with Gasteiger partial charge in [-0.3, -0.25) is 4.79 Å². The number of rotatable bonds is 7. The zero-order valence-corrected chi connectivity index (χ0v) is 16.4. The number of pyridine rings is 1. The molecule has 146 valence electrons. The number of halogens is 2. The van der Waals surface area contributed by atoms with Gasteiger partial charge in [0.15, 0.2) is 0 Å². The largest absolute Gasteiger partial charge is 0.310 e. The highest BCUT2D eigenvalue weighted by molar-refractivity contribution is 7.70. The second kappa shape index (κ2) is 9.14. The molecule has 0 unspecified atom stereocenters. The molecule has 0 bridgehead atoms. The molecule has 0 amide bonds. The first-order chi connectivity index (χ1) is 13.4. The smallest absolute Gasteiger partial charge is 0.250 e. The maximum absolute atomic E-state index is 14.1. The van der Waals surface area contributed by atoms with E-state index in [2.05, 4.69) is 4.72 Å². The van der Waals surface area contributed by atoms with Gasteiger partial charge in [0.2, 0.25) is 10.9 Å². The molecule has 0 aliphatic rings. The lowest BCUT2D eigenvalue weighted by atomic mass is 10.0. The van der Waals surface area contributed by atoms with Crippen LogP contribution in [0.5, 0.6) is 0 Å². The van der Waals surface area contributed by atoms with Crippen molar-refractivity contribution in [3.63, 3.8) is 0 Å². The summed E-state index contributed by atoms with van der Waals surface area (Å²) in [5, 5.41) is 0.301. The fourth-order valence-corrected chi connectivity index (χ4v) is 3.31. The van der Waals surface area contributed by atoms with E-state index in [9.17, 15) is 17.6 Å². The van der Waals surface area contributed by atoms with Gasteiger partial charge in [0.1, 0.15) is 5.82 Å². The molecule has 0 saturated carbocycles. The maximum atomic E-state index is 14.1. The molecule has 3 rings (SSSR count). The monoisotopic (exact) mass is 420 g/mol. The molecule has 0 fully saturated rings. The number of aromatic nitrogens is 1. The number of hydrogen-bond donors (Lipinski definition) is 2. The van der Waals surface area contributed by atoms with Gasteiger partial charge in [-0.2, -0.15) is 0 Å². The van der Waals surface area contributed by atoms with Crippen LogP contribution >= 0.6 is 11.6 Å². The highest BCUT2D eigenvalue weighted by Gasteiger charge is 2.07. The third kappa shape index (κ3) is 5.28. The van der Waals surface area contributed by atoms with Gasteiger partial charge in [-0.25, -0.2) is 17.5 Å². The molecule has 0 saturated heterocycles. The Hall–Kier alpha value is -2.48. The maximum Gasteiger partial charge on any atom is 0.250 e. The molecule has 0 aliphatic carbocycles. The summed E-state index contributed by atoms with van der Waals surface area (Å²) in [7, 11) is -2.61. The van der Waals surface area contributed by atoms with Crippen molar-refractivity contribution in [2.75, 3.05) is 6.54 Å². The van der Waals surface area contributed by atoms with Gasteiger partial charge in [0.05, 0.1) is 6.54 Å². The minimum absolute atomic E-state index is 0.0931. The van der Waals surface area contributed by atoms with Crippen molar-refractivity contribution < 1.29 is 12.8 Å². The summed E-state index contributed by atoms with van der Waals surface area (Å²) < 4.78 is 39.1. The molecule has 1 N–H and O–H groups in total. The number of nitrogens with one attached hydrogen (secondary N) is 1. The van der Waals surface area contributed by atoms with Crippen LogP contribution in [0.4, 0.5) is 4.39 Å². The second-order valence-corrected chi connectivity index (χ2v) is 7.50. The SMILES string of the molecule is O=c1ccc(-c2cccc(CCN[SH](=O)=O)c2)cn1Cc1ccc(Cl)cc1F. The van der Waals surface area contributed by atoms with Crippen LogP contribution < -0.4 is 10.3 Å². The van der Waals surface area contributed by atoms with Crippen molar-refractivity contribution in [1.29, 1.82) is 0 Å². The van der Waals surface area contributed by atoms with E-state index in [-0.39, 0.29) is 12.1 Å². The normalized spacial score (nSPS) is 11.1. The Morgan fingerprint density at radius 3 is 2.61 bits per heavy atom. The standard InChI is InChI=1S/C20H18ClFN2O3S/c21-18-6-4-17(19(22)11-18)13-24-12-16(5-7-20(24)25)15-3-1-2-14(10-15)8-9-23-28(26)27/h1-7,10-12,28H,8-9,13H2,(H,23,26,27). The van der Waals surface area contributed by atoms with Crippen molar-refractivity contribution in [3.8, 4) is 11.1 Å². The summed E-state index contributed by atoms with van der Waals surface area (Å²) in [5.41, 5.74) is 2.78. The first kappa shape index (κ1) is 20.3. The van der Waals surface area contributed by atoms with E-state index in [1.807, 2.05) is 24.3 Å². The number of nitrogens with zero attached hydrogens (tertiary/aromatic N) is 1. The van der Waals surface area contributed by atoms with E-state index in [4.69, 9.17) is 11.6 Å². The highest BCUT2D eigenvalue weighted by atomic mass is 35.5. The number of thiol groups is 1. The lowest BCUT2D eigenvalue weighted by Gasteiger charge is -2.11. The number of hydrogen-bond acceptors (Lipinski definition) is 3. The topological polar surface area (TPSA) is 68.2 Å². The zero-order valence-electron chi connectivity index (χ0n) is 14.8. The summed E-state index contributed by atoms with van der Waals surface area (Å²) in [6.45, 7) is 0.410. The molecular weight excluding hydrogens is 403 g/mol. The Bertz CT molecular complexity index is 1120. The lowest BCUT2D eigenvalue weighted by molar-refractivity contribution is 0.596. The van der Waals surface area contributed by atoms with E-state index in [1.165, 1.54) is 16.7 Å². The first-order valence-electron chi connectivity index (χ1n) is 8.54. The van der Waals surface area contributed by atoms with Crippen LogP contribution in [0.15, 0.2) is 65.6 Å². The summed E-state index contributed by atoms with van der Waals surface area (Å²) in [4.78, 5) is 12.2. The Morgan fingerprint density at radius 1 is 1.04 bits per heavy atom. The molecule has 1 heterocycles. The van der Waals surface area contributed by atoms with Crippen molar-refractivity contribution in [2.45, 2.75) is 13.0 Å². The van der Waals surface area contributed by atoms with E-state index in [0.29, 0.717) is 23.6 Å². The Labute approximate surface area is 168 Å². The van der Waals surface area contributed by atoms with E-state index >= 15 is 0 Å². The summed E-state index contributed by atoms with van der Waals surface area (Å²) in [5.74, 6) is -0.462. The van der Waals surface area contributed by atoms with Crippen molar-refractivity contribution in [3.05, 3.63) is 93.1 Å². The zero-order chi connectivity index (χ0) is 20.1. The van der Waals surface area contributed by atoms with Crippen molar-refractivity contribution >= 4 is 22.5 Å². The van der Waals surface area contributed by atoms with Crippen molar-refractivity contribution in [1.82, 2.24) is 9.29 Å². The molecule has 3 aromatic rings. The van der Waals surface area contributed by atoms with Gasteiger partial charge < -0.3 is 4.57 Å². The molecule has 0 spiro atoms. The number of benzene rings is 2. The van der Waals surface area contributed by atoms with Crippen LogP contribution in [0.25, 0.3) is 11.1 Å². The van der Waals surface area contributed by atoms with Crippen LogP contribution in [0.1, 0.15) is 11.1 Å². The third-order valence-corrected chi connectivity index (χ3v) is 4.97. The quantitative estimate of drug-likeness (QED) is 0.577. The van der Waals surface area contributed by atoms with Gasteiger partial charge in [-0.05, 0) is 41.3 Å². The average Bonchev–Trinajstić information content (AvgIpc) is 2.65. The minimum atomic E-state index is -2.61. The predicted octanol–water partition coefficient (Wildman–Crippen LogP) is 3.01. The molecule has 2 aromatic carbocycles. The summed E-state index contributed by atoms with van der Waals surface area (Å²) >= 11 is 5.78. The van der Waals surface area contributed by atoms with E-state index in [0.717, 1.165) is 16.7 Å². The fraction of sp³-hybridized carbons (Fsp3) is 0.150. The molecule has 8 heteroatoms. The second-order valence-electron chi connectivity index (χ2n) is 6.24. The fourth-order valence-electron chi connectivity index (χ4n) is 2.86. The average molecular weight is 421 g/mol. The van der Waals surface area contributed by atoms with Gasteiger partial charge in [-0.15, -0.1) is 0 Å². The van der Waals surface area contributed by atoms with Gasteiger partial charge in [-0.1, -0.05) is 41.9 Å². The molecule has 5 nitrogen and oxygen atoms in total. The Kier molecular flexibility index (Phi) is 6.61. The van der Waals surface area contributed by atoms with Crippen LogP contribution in [0.2, 0.25) is 5.02 Å². The molecular formula is C20H18ClFN2O3S. The Morgan fingerprint density at radius 2 is 1.86 bits per heavy atom. The lowest BCUT2D eigenvalue weighted by Crippen LogP contribution is -2.19. The molecule has 0 atom stereocenters. The summed E-state index contributed by atoms with van der Waals surface area (Å²) in [6.07, 6.45) is 2.23. The molecule has 28 heavy (non-hydrogen) atoms. The molecule has 0 aliphatic heterocycles. The van der Waals surface area contributed by atoms with Gasteiger partial charge in [0, 0.05) is 29.4 Å². The van der Waals surface area contributed by atoms with Crippen molar-refractivity contribution in [2.24, 2.45) is 0 Å². The third-order valence-electron chi connectivity index (χ3n) is 4.25. The van der Waals surface area contributed by atoms with Gasteiger partial charge in [0.25, 0.3) is 5.56 Å². The molecule has 0 radical (unpaired) electrons. The predicted molar refractivity (Wildman–Crippen MR) is 109 cm³/mol. The molecule has 1 aromatic heterocycles. The highest BCUT2D eigenvalue weighted by Crippen LogP contribution is 2.21. The van der Waals surface area contributed by atoms with Crippen LogP contribution in [0, 0.1) is 5.82 Å². The Balaban J connectivity index is 1.85. The van der Waals surface area contributed by atoms with Crippen LogP contribution in [0.3, 0.4) is 0 Å². The van der Waals surface area contributed by atoms with Crippen LogP contribution in [-0.2, 0) is 23.9 Å². The summed E-state index contributed by atoms with van der Waals surface area (Å²) in [6, 6.07) is 15.1. The van der Waals surface area contributed by atoms with E-state index in [1.54, 1.807) is 24.4 Å².